The van der Waals surface area contributed by atoms with E-state index in [4.69, 9.17) is 0 Å². The molecule has 1 aromatic rings. The summed E-state index contributed by atoms with van der Waals surface area (Å²) in [5, 5.41) is 11.0. The Morgan fingerprint density at radius 1 is 1.35 bits per heavy atom. The normalized spacial score (nSPS) is 15.3. The van der Waals surface area contributed by atoms with Crippen LogP contribution in [-0.4, -0.2) is 41.9 Å². The van der Waals surface area contributed by atoms with Gasteiger partial charge in [0.1, 0.15) is 11.5 Å². The lowest BCUT2D eigenvalue weighted by molar-refractivity contribution is -0.384. The van der Waals surface area contributed by atoms with E-state index in [0.717, 1.165) is 6.07 Å². The Labute approximate surface area is 115 Å². The molecule has 1 heterocycles. The fourth-order valence-electron chi connectivity index (χ4n) is 2.32. The summed E-state index contributed by atoms with van der Waals surface area (Å²) in [5.41, 5.74) is 0.167. The number of benzene rings is 1. The molecule has 20 heavy (non-hydrogen) atoms. The number of carbonyl (C=O) groups excluding carboxylic acids is 1. The Balaban J connectivity index is 2.16. The number of halogens is 1. The lowest BCUT2D eigenvalue weighted by Crippen LogP contribution is -2.48. The van der Waals surface area contributed by atoms with E-state index in [1.165, 1.54) is 12.1 Å². The lowest BCUT2D eigenvalue weighted by Gasteiger charge is -2.35. The zero-order valence-electron chi connectivity index (χ0n) is 11.2. The summed E-state index contributed by atoms with van der Waals surface area (Å²) in [6, 6.07) is 3.43. The summed E-state index contributed by atoms with van der Waals surface area (Å²) in [4.78, 5) is 25.5. The Hall–Kier alpha value is -2.18. The van der Waals surface area contributed by atoms with Crippen molar-refractivity contribution in [2.45, 2.75) is 13.3 Å². The average molecular weight is 281 g/mol. The highest BCUT2D eigenvalue weighted by Gasteiger charge is 2.25. The lowest BCUT2D eigenvalue weighted by atomic mass is 10.2. The third kappa shape index (κ3) is 2.87. The maximum atomic E-state index is 13.3. The van der Waals surface area contributed by atoms with Gasteiger partial charge in [-0.2, -0.15) is 0 Å². The number of amides is 1. The van der Waals surface area contributed by atoms with Crippen molar-refractivity contribution < 1.29 is 14.1 Å². The molecule has 1 aromatic carbocycles. The van der Waals surface area contributed by atoms with Crippen molar-refractivity contribution in [3.05, 3.63) is 34.1 Å². The summed E-state index contributed by atoms with van der Waals surface area (Å²) in [7, 11) is 0. The predicted octanol–water partition coefficient (Wildman–Crippen LogP) is 1.79. The number of carbonyl (C=O) groups is 1. The topological polar surface area (TPSA) is 66.7 Å². The van der Waals surface area contributed by atoms with E-state index in [1.807, 2.05) is 0 Å². The van der Waals surface area contributed by atoms with Crippen LogP contribution in [0.2, 0.25) is 0 Å². The fourth-order valence-corrected chi connectivity index (χ4v) is 2.32. The molecule has 0 radical (unpaired) electrons. The Bertz CT molecular complexity index is 528. The number of hydrogen-bond acceptors (Lipinski definition) is 4. The van der Waals surface area contributed by atoms with E-state index in [2.05, 4.69) is 0 Å². The molecule has 1 aliphatic rings. The first kappa shape index (κ1) is 14.2. The van der Waals surface area contributed by atoms with Crippen molar-refractivity contribution in [3.63, 3.8) is 0 Å². The van der Waals surface area contributed by atoms with Crippen molar-refractivity contribution in [2.24, 2.45) is 0 Å². The second-order valence-corrected chi connectivity index (χ2v) is 4.61. The molecule has 0 bridgehead atoms. The van der Waals surface area contributed by atoms with Gasteiger partial charge in [0, 0.05) is 44.7 Å². The number of hydrogen-bond donors (Lipinski definition) is 0. The van der Waals surface area contributed by atoms with Crippen molar-refractivity contribution in [2.75, 3.05) is 31.1 Å². The minimum absolute atomic E-state index is 0.0680. The largest absolute Gasteiger partial charge is 0.362 e. The van der Waals surface area contributed by atoms with Gasteiger partial charge in [-0.1, -0.05) is 6.92 Å². The van der Waals surface area contributed by atoms with Gasteiger partial charge in [0.15, 0.2) is 0 Å². The quantitative estimate of drug-likeness (QED) is 0.626. The number of nitrogens with zero attached hydrogens (tertiary/aromatic N) is 3. The van der Waals surface area contributed by atoms with Crippen LogP contribution in [-0.2, 0) is 4.79 Å². The molecule has 0 N–H and O–H groups in total. The monoisotopic (exact) mass is 281 g/mol. The van der Waals surface area contributed by atoms with Crippen LogP contribution in [0.5, 0.6) is 0 Å². The number of anilines is 1. The maximum Gasteiger partial charge on any atom is 0.292 e. The predicted molar refractivity (Wildman–Crippen MR) is 72.1 cm³/mol. The van der Waals surface area contributed by atoms with Gasteiger partial charge in [-0.15, -0.1) is 0 Å². The molecule has 0 saturated carbocycles. The van der Waals surface area contributed by atoms with Crippen LogP contribution in [0.25, 0.3) is 0 Å². The fraction of sp³-hybridized carbons (Fsp3) is 0.462. The molecule has 0 spiro atoms. The van der Waals surface area contributed by atoms with E-state index in [9.17, 15) is 19.3 Å². The van der Waals surface area contributed by atoms with Gasteiger partial charge in [0.25, 0.3) is 5.69 Å². The summed E-state index contributed by atoms with van der Waals surface area (Å²) in [6.45, 7) is 3.73. The first-order valence-electron chi connectivity index (χ1n) is 6.49. The highest BCUT2D eigenvalue weighted by molar-refractivity contribution is 5.76. The molecule has 0 aromatic heterocycles. The molecule has 0 aliphatic carbocycles. The smallest absolute Gasteiger partial charge is 0.292 e. The van der Waals surface area contributed by atoms with E-state index in [-0.39, 0.29) is 17.3 Å². The molecule has 1 fully saturated rings. The summed E-state index contributed by atoms with van der Waals surface area (Å²) >= 11 is 0. The molecular weight excluding hydrogens is 265 g/mol. The molecule has 2 rings (SSSR count). The standard InChI is InChI=1S/C13H16FN3O3/c1-2-13(18)16-7-5-15(6-8-16)12-9-10(14)3-4-11(12)17(19)20/h3-4,9H,2,5-8H2,1H3. The van der Waals surface area contributed by atoms with E-state index >= 15 is 0 Å². The van der Waals surface area contributed by atoms with Gasteiger partial charge in [-0.3, -0.25) is 14.9 Å². The molecule has 6 nitrogen and oxygen atoms in total. The summed E-state index contributed by atoms with van der Waals surface area (Å²) in [6.07, 6.45) is 0.445. The molecule has 0 unspecified atom stereocenters. The van der Waals surface area contributed by atoms with Gasteiger partial charge in [-0.05, 0) is 6.07 Å². The number of piperazine rings is 1. The number of rotatable bonds is 3. The molecule has 7 heteroatoms. The summed E-state index contributed by atoms with van der Waals surface area (Å²) in [5.74, 6) is -0.434. The molecule has 1 aliphatic heterocycles. The SMILES string of the molecule is CCC(=O)N1CCN(c2cc(F)ccc2[N+](=O)[O-])CC1. The molecule has 1 amide bonds. The van der Waals surface area contributed by atoms with Gasteiger partial charge in [0.05, 0.1) is 4.92 Å². The van der Waals surface area contributed by atoms with Crippen LogP contribution in [0.1, 0.15) is 13.3 Å². The van der Waals surface area contributed by atoms with Crippen LogP contribution in [0.15, 0.2) is 18.2 Å². The molecule has 108 valence electrons. The van der Waals surface area contributed by atoms with Crippen LogP contribution in [0, 0.1) is 15.9 Å². The Morgan fingerprint density at radius 3 is 2.55 bits per heavy atom. The highest BCUT2D eigenvalue weighted by atomic mass is 19.1. The molecular formula is C13H16FN3O3. The van der Waals surface area contributed by atoms with Gasteiger partial charge < -0.3 is 9.80 Å². The average Bonchev–Trinajstić information content (AvgIpc) is 2.46. The number of nitro groups is 1. The van der Waals surface area contributed by atoms with Crippen molar-refractivity contribution in [3.8, 4) is 0 Å². The minimum atomic E-state index is -0.516. The second kappa shape index (κ2) is 5.85. The van der Waals surface area contributed by atoms with Crippen molar-refractivity contribution in [1.29, 1.82) is 0 Å². The van der Waals surface area contributed by atoms with E-state index < -0.39 is 10.7 Å². The van der Waals surface area contributed by atoms with Crippen molar-refractivity contribution in [1.82, 2.24) is 4.90 Å². The Kier molecular flexibility index (Phi) is 4.16. The molecule has 1 saturated heterocycles. The first-order valence-corrected chi connectivity index (χ1v) is 6.49. The van der Waals surface area contributed by atoms with Gasteiger partial charge >= 0.3 is 0 Å². The molecule has 0 atom stereocenters. The van der Waals surface area contributed by atoms with Gasteiger partial charge in [0.2, 0.25) is 5.91 Å². The zero-order chi connectivity index (χ0) is 14.7. The van der Waals surface area contributed by atoms with Gasteiger partial charge in [-0.25, -0.2) is 4.39 Å². The third-order valence-electron chi connectivity index (χ3n) is 3.41. The summed E-state index contributed by atoms with van der Waals surface area (Å²) < 4.78 is 13.3. The van der Waals surface area contributed by atoms with Crippen molar-refractivity contribution >= 4 is 17.3 Å². The van der Waals surface area contributed by atoms with Crippen LogP contribution in [0.4, 0.5) is 15.8 Å². The third-order valence-corrected chi connectivity index (χ3v) is 3.41. The second-order valence-electron chi connectivity index (χ2n) is 4.61. The van der Waals surface area contributed by atoms with E-state index in [0.29, 0.717) is 32.6 Å². The minimum Gasteiger partial charge on any atom is -0.362 e. The zero-order valence-corrected chi connectivity index (χ0v) is 11.2. The maximum absolute atomic E-state index is 13.3. The van der Waals surface area contributed by atoms with E-state index in [1.54, 1.807) is 16.7 Å². The van der Waals surface area contributed by atoms with Crippen LogP contribution < -0.4 is 4.90 Å². The number of nitro benzene ring substituents is 1. The Morgan fingerprint density at radius 2 is 2.00 bits per heavy atom. The van der Waals surface area contributed by atoms with Crippen LogP contribution in [0.3, 0.4) is 0 Å². The highest BCUT2D eigenvalue weighted by Crippen LogP contribution is 2.29. The van der Waals surface area contributed by atoms with Crippen LogP contribution >= 0.6 is 0 Å². The first-order chi connectivity index (χ1) is 9.52.